The van der Waals surface area contributed by atoms with E-state index in [2.05, 4.69) is 31.9 Å². The molecule has 146 valence electrons. The maximum absolute atomic E-state index is 12.7. The summed E-state index contributed by atoms with van der Waals surface area (Å²) in [6.07, 6.45) is 3.88. The van der Waals surface area contributed by atoms with Crippen LogP contribution in [-0.4, -0.2) is 46.6 Å². The number of carbonyl (C=O) groups excluding carboxylic acids is 1. The lowest BCUT2D eigenvalue weighted by molar-refractivity contribution is 0.0896. The van der Waals surface area contributed by atoms with Crippen molar-refractivity contribution in [2.24, 2.45) is 5.10 Å². The maximum Gasteiger partial charge on any atom is 0.273 e. The number of thiazole rings is 1. The average molecular weight is 406 g/mol. The molecule has 0 saturated heterocycles. The van der Waals surface area contributed by atoms with Gasteiger partial charge in [-0.2, -0.15) is 5.10 Å². The van der Waals surface area contributed by atoms with Crippen molar-refractivity contribution in [2.45, 2.75) is 12.7 Å². The van der Waals surface area contributed by atoms with Gasteiger partial charge < -0.3 is 15.0 Å². The van der Waals surface area contributed by atoms with E-state index in [0.717, 1.165) is 34.9 Å². The van der Waals surface area contributed by atoms with Crippen molar-refractivity contribution >= 4 is 23.1 Å². The maximum atomic E-state index is 12.7. The molecule has 29 heavy (non-hydrogen) atoms. The number of amides is 1. The van der Waals surface area contributed by atoms with Crippen LogP contribution in [0.5, 0.6) is 5.75 Å². The molecule has 8 nitrogen and oxygen atoms in total. The molecule has 1 amide bonds. The van der Waals surface area contributed by atoms with Gasteiger partial charge in [-0.3, -0.25) is 15.2 Å². The number of fused-ring (bicyclic) bond motifs is 1. The fraction of sp³-hybridized carbons (Fsp3) is 0.200. The summed E-state index contributed by atoms with van der Waals surface area (Å²) in [7, 11) is 1.86. The number of hydrogen-bond acceptors (Lipinski definition) is 8. The number of benzene rings is 1. The molecule has 0 spiro atoms. The van der Waals surface area contributed by atoms with Crippen molar-refractivity contribution < 1.29 is 9.53 Å². The van der Waals surface area contributed by atoms with E-state index in [1.165, 1.54) is 16.9 Å². The normalized spacial score (nSPS) is 17.3. The third-order valence-corrected chi connectivity index (χ3v) is 5.77. The predicted octanol–water partition coefficient (Wildman–Crippen LogP) is 2.05. The van der Waals surface area contributed by atoms with Crippen LogP contribution in [0.3, 0.4) is 0 Å². The summed E-state index contributed by atoms with van der Waals surface area (Å²) in [6, 6.07) is 9.80. The summed E-state index contributed by atoms with van der Waals surface area (Å²) in [5, 5.41) is 9.81. The van der Waals surface area contributed by atoms with Crippen LogP contribution in [0, 0.1) is 0 Å². The Morgan fingerprint density at radius 2 is 2.28 bits per heavy atom. The molecule has 2 aromatic heterocycles. The number of rotatable bonds is 4. The molecule has 2 N–H and O–H groups in total. The topological polar surface area (TPSA) is 91.7 Å². The van der Waals surface area contributed by atoms with E-state index in [1.807, 2.05) is 36.2 Å². The molecule has 9 heteroatoms. The molecule has 4 heterocycles. The molecule has 0 saturated carbocycles. The molecule has 0 radical (unpaired) electrons. The Labute approximate surface area is 171 Å². The van der Waals surface area contributed by atoms with Crippen molar-refractivity contribution in [1.82, 2.24) is 25.6 Å². The van der Waals surface area contributed by atoms with Crippen LogP contribution in [0.4, 0.5) is 0 Å². The Hall–Kier alpha value is -3.46. The summed E-state index contributed by atoms with van der Waals surface area (Å²) in [6.45, 7) is 0.718. The van der Waals surface area contributed by atoms with Gasteiger partial charge >= 0.3 is 0 Å². The third-order valence-electron chi connectivity index (χ3n) is 4.87. The number of hydrogen-bond donors (Lipinski definition) is 2. The molecule has 2 aliphatic heterocycles. The first-order valence-corrected chi connectivity index (χ1v) is 10.1. The van der Waals surface area contributed by atoms with Crippen molar-refractivity contribution in [1.29, 1.82) is 0 Å². The van der Waals surface area contributed by atoms with Crippen molar-refractivity contribution in [3.63, 3.8) is 0 Å². The third kappa shape index (κ3) is 3.29. The van der Waals surface area contributed by atoms with E-state index in [4.69, 9.17) is 4.74 Å². The van der Waals surface area contributed by atoms with E-state index in [9.17, 15) is 4.79 Å². The van der Waals surface area contributed by atoms with Crippen molar-refractivity contribution in [3.05, 3.63) is 64.9 Å². The molecule has 2 aliphatic rings. The number of nitrogens with zero attached hydrogens (tertiary/aromatic N) is 4. The van der Waals surface area contributed by atoms with Gasteiger partial charge in [0.25, 0.3) is 5.91 Å². The quantitative estimate of drug-likeness (QED) is 0.689. The van der Waals surface area contributed by atoms with Gasteiger partial charge in [0.05, 0.1) is 6.61 Å². The molecule has 0 aliphatic carbocycles. The summed E-state index contributed by atoms with van der Waals surface area (Å²) < 4.78 is 5.55. The van der Waals surface area contributed by atoms with Gasteiger partial charge in [0.1, 0.15) is 16.5 Å². The van der Waals surface area contributed by atoms with Crippen LogP contribution in [0.15, 0.2) is 53.2 Å². The smallest absolute Gasteiger partial charge is 0.273 e. The van der Waals surface area contributed by atoms with Gasteiger partial charge in [-0.1, -0.05) is 0 Å². The van der Waals surface area contributed by atoms with Gasteiger partial charge in [0, 0.05) is 42.4 Å². The zero-order chi connectivity index (χ0) is 19.8. The summed E-state index contributed by atoms with van der Waals surface area (Å²) >= 11 is 1.45. The number of pyridine rings is 1. The van der Waals surface area contributed by atoms with E-state index >= 15 is 0 Å². The lowest BCUT2D eigenvalue weighted by Gasteiger charge is -2.22. The van der Waals surface area contributed by atoms with E-state index < -0.39 is 6.29 Å². The number of hydrazone groups is 1. The summed E-state index contributed by atoms with van der Waals surface area (Å²) in [5.74, 6) is 1.38. The minimum absolute atomic E-state index is 0.260. The van der Waals surface area contributed by atoms with Gasteiger partial charge in [-0.05, 0) is 35.9 Å². The second-order valence-electron chi connectivity index (χ2n) is 6.75. The molecule has 1 aromatic carbocycles. The highest BCUT2D eigenvalue weighted by Crippen LogP contribution is 2.31. The zero-order valence-electron chi connectivity index (χ0n) is 15.6. The van der Waals surface area contributed by atoms with Crippen LogP contribution in [-0.2, 0) is 6.42 Å². The Morgan fingerprint density at radius 3 is 3.14 bits per heavy atom. The minimum Gasteiger partial charge on any atom is -0.493 e. The Bertz CT molecular complexity index is 1100. The van der Waals surface area contributed by atoms with Crippen molar-refractivity contribution in [3.8, 4) is 16.3 Å². The minimum atomic E-state index is -0.458. The summed E-state index contributed by atoms with van der Waals surface area (Å²) in [5.41, 5.74) is 6.37. The fourth-order valence-corrected chi connectivity index (χ4v) is 4.13. The largest absolute Gasteiger partial charge is 0.493 e. The molecule has 0 bridgehead atoms. The second-order valence-corrected chi connectivity index (χ2v) is 7.61. The number of amidine groups is 1. The Morgan fingerprint density at radius 1 is 1.34 bits per heavy atom. The molecular formula is C20H18N6O2S. The standard InChI is InChI=1S/C20H18N6O2S/c1-26-17(14-3-2-7-21-10-14)24-25-20(26)23-18(27)15-11-29-19(22-15)13-4-5-16-12(9-13)6-8-28-16/h2-5,7,9-11,20,25H,6,8H2,1H3,(H,23,27). The van der Waals surface area contributed by atoms with Crippen LogP contribution >= 0.6 is 11.3 Å². The number of ether oxygens (including phenoxy) is 1. The highest BCUT2D eigenvalue weighted by atomic mass is 32.1. The molecule has 5 rings (SSSR count). The lowest BCUT2D eigenvalue weighted by atomic mass is 10.1. The zero-order valence-corrected chi connectivity index (χ0v) is 16.4. The lowest BCUT2D eigenvalue weighted by Crippen LogP contribution is -2.50. The van der Waals surface area contributed by atoms with E-state index in [1.54, 1.807) is 17.8 Å². The molecular weight excluding hydrogens is 388 g/mol. The number of nitrogens with one attached hydrogen (secondary N) is 2. The van der Waals surface area contributed by atoms with Gasteiger partial charge in [0.15, 0.2) is 12.1 Å². The summed E-state index contributed by atoms with van der Waals surface area (Å²) in [4.78, 5) is 23.2. The van der Waals surface area contributed by atoms with E-state index in [0.29, 0.717) is 11.5 Å². The van der Waals surface area contributed by atoms with Crippen LogP contribution < -0.4 is 15.5 Å². The van der Waals surface area contributed by atoms with E-state index in [-0.39, 0.29) is 5.91 Å². The Kier molecular flexibility index (Phi) is 4.36. The number of aromatic nitrogens is 2. The van der Waals surface area contributed by atoms with Gasteiger partial charge in [0.2, 0.25) is 0 Å². The highest BCUT2D eigenvalue weighted by Gasteiger charge is 2.27. The molecule has 3 aromatic rings. The van der Waals surface area contributed by atoms with Gasteiger partial charge in [-0.25, -0.2) is 4.98 Å². The first-order chi connectivity index (χ1) is 14.2. The van der Waals surface area contributed by atoms with Crippen LogP contribution in [0.25, 0.3) is 10.6 Å². The first-order valence-electron chi connectivity index (χ1n) is 9.18. The fourth-order valence-electron chi connectivity index (χ4n) is 3.33. The average Bonchev–Trinajstić information content (AvgIpc) is 3.48. The molecule has 1 atom stereocenters. The van der Waals surface area contributed by atoms with Crippen molar-refractivity contribution in [2.75, 3.05) is 13.7 Å². The highest BCUT2D eigenvalue weighted by molar-refractivity contribution is 7.13. The first kappa shape index (κ1) is 17.6. The monoisotopic (exact) mass is 406 g/mol. The predicted molar refractivity (Wildman–Crippen MR) is 110 cm³/mol. The second kappa shape index (κ2) is 7.17. The SMILES string of the molecule is CN1C(c2cccnc2)=NNC1NC(=O)c1csc(-c2ccc3c(c2)CCO3)n1. The van der Waals surface area contributed by atoms with Crippen LogP contribution in [0.1, 0.15) is 21.6 Å². The molecule has 1 unspecified atom stereocenters. The van der Waals surface area contributed by atoms with Gasteiger partial charge in [-0.15, -0.1) is 11.3 Å². The Balaban J connectivity index is 1.28. The van der Waals surface area contributed by atoms with Crippen LogP contribution in [0.2, 0.25) is 0 Å². The number of carbonyl (C=O) groups is 1. The molecule has 0 fully saturated rings.